The van der Waals surface area contributed by atoms with Crippen molar-refractivity contribution >= 4 is 33.0 Å². The van der Waals surface area contributed by atoms with Gasteiger partial charge in [-0.05, 0) is 25.7 Å². The molecule has 0 aliphatic rings. The van der Waals surface area contributed by atoms with E-state index in [1.165, 1.54) is 77.0 Å². The van der Waals surface area contributed by atoms with Gasteiger partial charge in [0.1, 0.15) is 0 Å². The van der Waals surface area contributed by atoms with Gasteiger partial charge >= 0.3 is 17.4 Å². The second-order valence-electron chi connectivity index (χ2n) is 12.3. The van der Waals surface area contributed by atoms with Crippen LogP contribution in [0.5, 0.6) is 0 Å². The average molecular weight is 729 g/mol. The van der Waals surface area contributed by atoms with Crippen molar-refractivity contribution in [1.82, 2.24) is 0 Å². The third kappa shape index (κ3) is 56.3. The van der Waals surface area contributed by atoms with Crippen molar-refractivity contribution in [3.63, 3.8) is 0 Å². The van der Waals surface area contributed by atoms with Gasteiger partial charge in [0.25, 0.3) is 15.6 Å². The van der Waals surface area contributed by atoms with E-state index in [2.05, 4.69) is 27.7 Å². The zero-order valence-corrected chi connectivity index (χ0v) is 34.5. The summed E-state index contributed by atoms with van der Waals surface area (Å²) in [4.78, 5) is 23.0. The largest absolute Gasteiger partial charge is 3.00 e. The van der Waals surface area contributed by atoms with Crippen LogP contribution in [-0.4, -0.2) is 49.9 Å². The molecule has 0 unspecified atom stereocenters. The fraction of sp³-hybridized carbons (Fsp3) is 1.00. The van der Waals surface area contributed by atoms with Gasteiger partial charge in [-0.2, -0.15) is 0 Å². The van der Waals surface area contributed by atoms with Gasteiger partial charge in [0.05, 0.1) is 26.4 Å². The first-order chi connectivity index (χ1) is 22.0. The van der Waals surface area contributed by atoms with E-state index in [0.29, 0.717) is 0 Å². The van der Waals surface area contributed by atoms with Crippen LogP contribution in [0.15, 0.2) is 0 Å². The fourth-order valence-electron chi connectivity index (χ4n) is 4.31. The number of hydrogen-bond acceptors (Lipinski definition) is 9. The summed E-state index contributed by atoms with van der Waals surface area (Å²) in [6, 6.07) is 0. The molecule has 0 aliphatic heterocycles. The van der Waals surface area contributed by atoms with Gasteiger partial charge in [-0.1, -0.05) is 170 Å². The molecule has 0 aromatic heterocycles. The van der Waals surface area contributed by atoms with E-state index in [0.717, 1.165) is 77.0 Å². The number of hydrogen-bond donors (Lipinski definition) is 0. The molecular formula is C35H75AlO9P2. The number of phosphoric ester groups is 2. The Bertz CT molecular complexity index is 574. The molecule has 0 rings (SSSR count). The summed E-state index contributed by atoms with van der Waals surface area (Å²) in [6.45, 7) is 12.9. The van der Waals surface area contributed by atoms with E-state index in [1.54, 1.807) is 13.8 Å². The summed E-state index contributed by atoms with van der Waals surface area (Å²) in [6.07, 6.45) is 26.2. The molecule has 0 heterocycles. The Labute approximate surface area is 302 Å². The van der Waals surface area contributed by atoms with Gasteiger partial charge in [0.2, 0.25) is 0 Å². The predicted octanol–water partition coefficient (Wildman–Crippen LogP) is 9.79. The minimum atomic E-state index is -4.07. The van der Waals surface area contributed by atoms with Crippen LogP contribution in [0.25, 0.3) is 0 Å². The van der Waals surface area contributed by atoms with E-state index in [-0.39, 0.29) is 43.8 Å². The summed E-state index contributed by atoms with van der Waals surface area (Å²) in [5.41, 5.74) is 0. The van der Waals surface area contributed by atoms with Gasteiger partial charge < -0.3 is 33.0 Å². The van der Waals surface area contributed by atoms with Crippen molar-refractivity contribution in [2.24, 2.45) is 0 Å². The first-order valence-electron chi connectivity index (χ1n) is 18.8. The molecule has 282 valence electrons. The summed E-state index contributed by atoms with van der Waals surface area (Å²) in [5.74, 6) is 0. The van der Waals surface area contributed by atoms with Crippen molar-refractivity contribution in [2.75, 3.05) is 26.4 Å². The molecule has 0 aromatic rings. The molecule has 0 saturated carbocycles. The van der Waals surface area contributed by atoms with Crippen molar-refractivity contribution < 1.29 is 42.1 Å². The quantitative estimate of drug-likeness (QED) is 0.0376. The molecule has 0 amide bonds. The molecule has 0 atom stereocenters. The summed E-state index contributed by atoms with van der Waals surface area (Å²) >= 11 is 0. The predicted molar refractivity (Wildman–Crippen MR) is 193 cm³/mol. The van der Waals surface area contributed by atoms with Gasteiger partial charge in [-0.3, -0.25) is 9.13 Å². The maximum atomic E-state index is 11.5. The molecule has 9 nitrogen and oxygen atoms in total. The number of phosphoric acid groups is 2. The average Bonchev–Trinajstić information content (AvgIpc) is 2.99. The molecule has 47 heavy (non-hydrogen) atoms. The van der Waals surface area contributed by atoms with Crippen LogP contribution in [-0.2, 0) is 27.2 Å². The van der Waals surface area contributed by atoms with E-state index < -0.39 is 21.7 Å². The van der Waals surface area contributed by atoms with Crippen molar-refractivity contribution in [2.45, 2.75) is 202 Å². The van der Waals surface area contributed by atoms with Crippen LogP contribution >= 0.6 is 15.6 Å². The Morgan fingerprint density at radius 1 is 0.404 bits per heavy atom. The Kier molecular flexibility index (Phi) is 49.7. The number of unbranched alkanes of at least 4 members (excludes halogenated alkanes) is 20. The van der Waals surface area contributed by atoms with Gasteiger partial charge in [0.15, 0.2) is 0 Å². The van der Waals surface area contributed by atoms with Crippen LogP contribution in [0.4, 0.5) is 0 Å². The fourth-order valence-corrected chi connectivity index (χ4v) is 5.87. The monoisotopic (exact) mass is 728 g/mol. The van der Waals surface area contributed by atoms with Crippen LogP contribution in [0.2, 0.25) is 0 Å². The smallest absolute Gasteiger partial charge is 0.852 e. The second-order valence-corrected chi connectivity index (χ2v) is 15.2. The minimum Gasteiger partial charge on any atom is -0.852 e. The minimum absolute atomic E-state index is 0. The van der Waals surface area contributed by atoms with Crippen LogP contribution in [0, 0.1) is 0 Å². The molecule has 0 radical (unpaired) electrons. The molecule has 12 heteroatoms. The third-order valence-corrected chi connectivity index (χ3v) is 8.98. The third-order valence-electron chi connectivity index (χ3n) is 6.99. The standard InChI is InChI=1S/2C16H35O4P.C3H7O.Al/c2*1-3-5-7-9-11-13-15-19-21(17,18)20-16-14-12-10-8-6-4-2;1-3(2)4;/h2*3-16H2,1-2H3,(H,17,18);3H,1-2H3;/q;;-1;+3/p-2. The van der Waals surface area contributed by atoms with Crippen molar-refractivity contribution in [1.29, 1.82) is 0 Å². The zero-order chi connectivity index (χ0) is 35.2. The molecule has 0 bridgehead atoms. The molecule has 0 N–H and O–H groups in total. The summed E-state index contributed by atoms with van der Waals surface area (Å²) in [5, 5.41) is 9.53. The van der Waals surface area contributed by atoms with Crippen LogP contribution < -0.4 is 14.9 Å². The topological polar surface area (TPSA) is 140 Å². The van der Waals surface area contributed by atoms with Crippen molar-refractivity contribution in [3.05, 3.63) is 0 Å². The summed E-state index contributed by atoms with van der Waals surface area (Å²) in [7, 11) is -8.13. The van der Waals surface area contributed by atoms with Crippen LogP contribution in [0.3, 0.4) is 0 Å². The second kappa shape index (κ2) is 42.9. The molecule has 0 spiro atoms. The Balaban J connectivity index is -0.000000346. The first-order valence-corrected chi connectivity index (χ1v) is 21.8. The van der Waals surface area contributed by atoms with E-state index in [4.69, 9.17) is 18.1 Å². The molecule has 0 fully saturated rings. The SMILES string of the molecule is CC(C)[O-].CCCCCCCCOP(=O)([O-])OCCCCCCCC.CCCCCCCCOP(=O)([O-])OCCCCCCCC.[Al+3]. The van der Waals surface area contributed by atoms with Gasteiger partial charge in [-0.25, -0.2) is 0 Å². The normalized spacial score (nSPS) is 11.4. The maximum Gasteiger partial charge on any atom is 3.00 e. The summed E-state index contributed by atoms with van der Waals surface area (Å²) < 4.78 is 42.4. The Hall–Kier alpha value is 0.712. The maximum absolute atomic E-state index is 11.5. The van der Waals surface area contributed by atoms with E-state index in [1.807, 2.05) is 0 Å². The Morgan fingerprint density at radius 3 is 0.723 bits per heavy atom. The van der Waals surface area contributed by atoms with Crippen LogP contribution in [0.1, 0.15) is 196 Å². The van der Waals surface area contributed by atoms with E-state index in [9.17, 15) is 24.0 Å². The number of rotatable bonds is 32. The Morgan fingerprint density at radius 2 is 0.553 bits per heavy atom. The first kappa shape index (κ1) is 54.5. The molecule has 0 aliphatic carbocycles. The zero-order valence-electron chi connectivity index (χ0n) is 31.5. The molecule has 0 aromatic carbocycles. The van der Waals surface area contributed by atoms with Gasteiger partial charge in [-0.15, -0.1) is 6.10 Å². The molecular weight excluding hydrogens is 653 g/mol. The molecule has 0 saturated heterocycles. The van der Waals surface area contributed by atoms with Crippen molar-refractivity contribution in [3.8, 4) is 0 Å². The van der Waals surface area contributed by atoms with Gasteiger partial charge in [0, 0.05) is 0 Å². The van der Waals surface area contributed by atoms with E-state index >= 15 is 0 Å².